The average Bonchev–Trinajstić information content (AvgIpc) is 3.34. The lowest BCUT2D eigenvalue weighted by molar-refractivity contribution is -0.143. The van der Waals surface area contributed by atoms with Crippen LogP contribution < -0.4 is 4.74 Å². The number of aryl methyl sites for hydroxylation is 1. The minimum absolute atomic E-state index is 0.179. The molecule has 1 aromatic heterocycles. The first-order valence-corrected chi connectivity index (χ1v) is 14.7. The first kappa shape index (κ1) is 31.9. The van der Waals surface area contributed by atoms with E-state index in [1.807, 2.05) is 53.1 Å². The lowest BCUT2D eigenvalue weighted by Gasteiger charge is -2.21. The van der Waals surface area contributed by atoms with Gasteiger partial charge in [-0.3, -0.25) is 9.59 Å². The molecule has 0 aliphatic rings. The molecule has 8 heteroatoms. The number of ketones is 1. The second-order valence-electron chi connectivity index (χ2n) is 11.1. The predicted octanol–water partition coefficient (Wildman–Crippen LogP) is 8.88. The maximum Gasteiger partial charge on any atom is 0.389 e. The predicted molar refractivity (Wildman–Crippen MR) is 161 cm³/mol. The smallest absolute Gasteiger partial charge is 0.389 e. The zero-order valence-corrected chi connectivity index (χ0v) is 24.8. The lowest BCUT2D eigenvalue weighted by atomic mass is 9.98. The Labute approximate surface area is 250 Å². The number of ether oxygens (including phenoxy) is 2. The monoisotopic (exact) mass is 593 g/mol. The summed E-state index contributed by atoms with van der Waals surface area (Å²) < 4.78 is 52.4. The van der Waals surface area contributed by atoms with Crippen LogP contribution in [0.25, 0.3) is 10.9 Å². The Bertz CT molecular complexity index is 1510. The van der Waals surface area contributed by atoms with Crippen LogP contribution in [0.5, 0.6) is 5.75 Å². The summed E-state index contributed by atoms with van der Waals surface area (Å²) in [5, 5.41) is 0.803. The van der Waals surface area contributed by atoms with Gasteiger partial charge in [0.05, 0.1) is 6.61 Å². The van der Waals surface area contributed by atoms with E-state index in [1.165, 1.54) is 0 Å². The Balaban J connectivity index is 1.50. The van der Waals surface area contributed by atoms with Crippen molar-refractivity contribution in [2.24, 2.45) is 5.92 Å². The van der Waals surface area contributed by atoms with Gasteiger partial charge in [0.1, 0.15) is 11.9 Å². The fraction of sp³-hybridized carbons (Fsp3) is 0.371. The SMILES string of the molecule is CCOC(=O)CCCn1cc(C(=O)c2ccc(OC(CCC(F)(F)F)c3ccc(CC(C)C)cc3)cc2)c2ccccc21. The van der Waals surface area contributed by atoms with Crippen molar-refractivity contribution in [2.45, 2.75) is 71.7 Å². The molecule has 228 valence electrons. The van der Waals surface area contributed by atoms with Gasteiger partial charge in [-0.1, -0.05) is 56.3 Å². The number of halogens is 3. The van der Waals surface area contributed by atoms with E-state index in [-0.39, 0.29) is 24.6 Å². The summed E-state index contributed by atoms with van der Waals surface area (Å²) >= 11 is 0. The van der Waals surface area contributed by atoms with E-state index in [4.69, 9.17) is 9.47 Å². The van der Waals surface area contributed by atoms with Gasteiger partial charge in [-0.25, -0.2) is 0 Å². The van der Waals surface area contributed by atoms with Crippen LogP contribution in [0.15, 0.2) is 79.0 Å². The summed E-state index contributed by atoms with van der Waals surface area (Å²) in [7, 11) is 0. The number of rotatable bonds is 14. The van der Waals surface area contributed by atoms with Gasteiger partial charge in [-0.05, 0) is 73.6 Å². The number of hydrogen-bond acceptors (Lipinski definition) is 4. The summed E-state index contributed by atoms with van der Waals surface area (Å²) in [6.07, 6.45) is -2.72. The lowest BCUT2D eigenvalue weighted by Crippen LogP contribution is -2.14. The molecule has 0 saturated carbocycles. The Morgan fingerprint density at radius 3 is 2.28 bits per heavy atom. The van der Waals surface area contributed by atoms with Crippen LogP contribution in [-0.4, -0.2) is 29.1 Å². The normalized spacial score (nSPS) is 12.4. The fourth-order valence-corrected chi connectivity index (χ4v) is 5.17. The molecule has 0 spiro atoms. The zero-order valence-electron chi connectivity index (χ0n) is 24.8. The first-order valence-electron chi connectivity index (χ1n) is 14.7. The molecule has 0 amide bonds. The number of aromatic nitrogens is 1. The number of para-hydroxylation sites is 1. The number of fused-ring (bicyclic) bond motifs is 1. The maximum atomic E-state index is 13.6. The van der Waals surface area contributed by atoms with Crippen molar-refractivity contribution in [3.05, 3.63) is 101 Å². The summed E-state index contributed by atoms with van der Waals surface area (Å²) in [6, 6.07) is 21.7. The largest absolute Gasteiger partial charge is 0.486 e. The van der Waals surface area contributed by atoms with Crippen LogP contribution in [0.3, 0.4) is 0 Å². The number of benzene rings is 3. The molecule has 4 aromatic rings. The van der Waals surface area contributed by atoms with Crippen LogP contribution in [0.1, 0.15) is 79.6 Å². The molecule has 3 aromatic carbocycles. The number of carbonyl (C=O) groups is 2. The van der Waals surface area contributed by atoms with Crippen LogP contribution >= 0.6 is 0 Å². The molecule has 4 rings (SSSR count). The van der Waals surface area contributed by atoms with Crippen molar-refractivity contribution in [1.29, 1.82) is 0 Å². The van der Waals surface area contributed by atoms with Gasteiger partial charge in [0, 0.05) is 47.6 Å². The summed E-state index contributed by atoms with van der Waals surface area (Å²) in [5.74, 6) is 0.427. The summed E-state index contributed by atoms with van der Waals surface area (Å²) in [5.41, 5.74) is 3.65. The molecule has 43 heavy (non-hydrogen) atoms. The van der Waals surface area contributed by atoms with Crippen LogP contribution in [0, 0.1) is 5.92 Å². The van der Waals surface area contributed by atoms with Gasteiger partial charge in [0.2, 0.25) is 0 Å². The van der Waals surface area contributed by atoms with E-state index in [9.17, 15) is 22.8 Å². The van der Waals surface area contributed by atoms with Crippen molar-refractivity contribution in [3.8, 4) is 5.75 Å². The van der Waals surface area contributed by atoms with Crippen molar-refractivity contribution in [1.82, 2.24) is 4.57 Å². The van der Waals surface area contributed by atoms with Gasteiger partial charge in [0.25, 0.3) is 0 Å². The molecular weight excluding hydrogens is 555 g/mol. The third-order valence-corrected chi connectivity index (χ3v) is 7.20. The zero-order chi connectivity index (χ0) is 31.0. The van der Waals surface area contributed by atoms with Crippen molar-refractivity contribution in [3.63, 3.8) is 0 Å². The summed E-state index contributed by atoms with van der Waals surface area (Å²) in [6.45, 7) is 6.89. The van der Waals surface area contributed by atoms with E-state index in [2.05, 4.69) is 13.8 Å². The Kier molecular flexibility index (Phi) is 10.7. The van der Waals surface area contributed by atoms with Gasteiger partial charge in [-0.2, -0.15) is 13.2 Å². The third kappa shape index (κ3) is 8.96. The molecule has 0 radical (unpaired) electrons. The highest BCUT2D eigenvalue weighted by Gasteiger charge is 2.29. The topological polar surface area (TPSA) is 57.5 Å². The van der Waals surface area contributed by atoms with Crippen LogP contribution in [0.4, 0.5) is 13.2 Å². The van der Waals surface area contributed by atoms with Gasteiger partial charge < -0.3 is 14.0 Å². The molecule has 0 N–H and O–H groups in total. The molecular formula is C35H38F3NO4. The molecule has 0 saturated heterocycles. The number of alkyl halides is 3. The molecule has 0 aliphatic carbocycles. The second-order valence-corrected chi connectivity index (χ2v) is 11.1. The van der Waals surface area contributed by atoms with Crippen LogP contribution in [0.2, 0.25) is 0 Å². The highest BCUT2D eigenvalue weighted by atomic mass is 19.4. The highest BCUT2D eigenvalue weighted by Crippen LogP contribution is 2.32. The maximum absolute atomic E-state index is 13.6. The van der Waals surface area contributed by atoms with Crippen molar-refractivity contribution >= 4 is 22.7 Å². The highest BCUT2D eigenvalue weighted by molar-refractivity contribution is 6.16. The van der Waals surface area contributed by atoms with Gasteiger partial charge in [0.15, 0.2) is 5.78 Å². The van der Waals surface area contributed by atoms with E-state index >= 15 is 0 Å². The molecule has 0 aliphatic heterocycles. The Morgan fingerprint density at radius 1 is 0.930 bits per heavy atom. The summed E-state index contributed by atoms with van der Waals surface area (Å²) in [4.78, 5) is 25.3. The molecule has 1 unspecified atom stereocenters. The van der Waals surface area contributed by atoms with Crippen molar-refractivity contribution in [2.75, 3.05) is 6.61 Å². The molecule has 5 nitrogen and oxygen atoms in total. The molecule has 1 heterocycles. The number of nitrogens with zero attached hydrogens (tertiary/aromatic N) is 1. The fourth-order valence-electron chi connectivity index (χ4n) is 5.17. The average molecular weight is 594 g/mol. The number of hydrogen-bond donors (Lipinski definition) is 0. The van der Waals surface area contributed by atoms with E-state index < -0.39 is 18.7 Å². The number of carbonyl (C=O) groups excluding carboxylic acids is 2. The first-order chi connectivity index (χ1) is 20.5. The molecule has 0 bridgehead atoms. The third-order valence-electron chi connectivity index (χ3n) is 7.20. The van der Waals surface area contributed by atoms with Gasteiger partial charge >= 0.3 is 12.1 Å². The Morgan fingerprint density at radius 2 is 1.63 bits per heavy atom. The van der Waals surface area contributed by atoms with E-state index in [0.717, 1.165) is 22.9 Å². The standard InChI is InChI=1S/C35H38F3NO4/c1-4-42-33(40)10-7-21-39-23-30(29-8-5-6-9-31(29)39)34(41)27-15-17-28(18-16-27)43-32(19-20-35(36,37)38)26-13-11-25(12-14-26)22-24(2)3/h5-6,8-9,11-18,23-24,32H,4,7,10,19-22H2,1-3H3. The second kappa shape index (κ2) is 14.4. The van der Waals surface area contributed by atoms with Crippen LogP contribution in [-0.2, 0) is 22.5 Å². The quantitative estimate of drug-likeness (QED) is 0.108. The minimum Gasteiger partial charge on any atom is -0.486 e. The van der Waals surface area contributed by atoms with Gasteiger partial charge in [-0.15, -0.1) is 0 Å². The minimum atomic E-state index is -4.30. The number of esters is 1. The Hall–Kier alpha value is -4.07. The van der Waals surface area contributed by atoms with Crippen molar-refractivity contribution < 1.29 is 32.2 Å². The van der Waals surface area contributed by atoms with E-state index in [1.54, 1.807) is 37.4 Å². The molecule has 1 atom stereocenters. The molecule has 0 fully saturated rings. The van der Waals surface area contributed by atoms with E-state index in [0.29, 0.717) is 47.9 Å².